The number of hydrogen-bond acceptors (Lipinski definition) is 4. The summed E-state index contributed by atoms with van der Waals surface area (Å²) in [5.41, 5.74) is 3.99. The molecule has 19 heavy (non-hydrogen) atoms. The number of carbonyl (C=O) groups is 1. The Morgan fingerprint density at radius 1 is 1.32 bits per heavy atom. The van der Waals surface area contributed by atoms with Crippen LogP contribution in [0.15, 0.2) is 52.2 Å². The highest BCUT2D eigenvalue weighted by molar-refractivity contribution is 6.00. The fraction of sp³-hybridized carbons (Fsp3) is 0.143. The average molecular weight is 258 g/mol. The lowest BCUT2D eigenvalue weighted by Crippen LogP contribution is -2.18. The molecule has 0 aliphatic carbocycles. The van der Waals surface area contributed by atoms with Crippen molar-refractivity contribution in [3.63, 3.8) is 0 Å². The van der Waals surface area contributed by atoms with Crippen molar-refractivity contribution in [1.29, 1.82) is 0 Å². The molecule has 0 fully saturated rings. The maximum Gasteiger partial charge on any atom is 0.307 e. The van der Waals surface area contributed by atoms with E-state index in [1.54, 1.807) is 26.2 Å². The quantitative estimate of drug-likeness (QED) is 0.676. The van der Waals surface area contributed by atoms with Gasteiger partial charge in [-0.1, -0.05) is 12.1 Å². The maximum absolute atomic E-state index is 11.6. The summed E-state index contributed by atoms with van der Waals surface area (Å²) in [6, 6.07) is 10.7. The number of ether oxygens (including phenoxy) is 1. The number of rotatable bonds is 4. The van der Waals surface area contributed by atoms with Crippen LogP contribution in [0.2, 0.25) is 0 Å². The number of hydrazone groups is 1. The fourth-order valence-corrected chi connectivity index (χ4v) is 1.51. The van der Waals surface area contributed by atoms with Crippen molar-refractivity contribution in [2.24, 2.45) is 5.10 Å². The number of nitrogens with one attached hydrogen (secondary N) is 1. The van der Waals surface area contributed by atoms with Gasteiger partial charge in [0.1, 0.15) is 5.75 Å². The largest absolute Gasteiger partial charge is 0.497 e. The second kappa shape index (κ2) is 5.86. The van der Waals surface area contributed by atoms with Gasteiger partial charge < -0.3 is 9.15 Å². The predicted molar refractivity (Wildman–Crippen MR) is 71.4 cm³/mol. The van der Waals surface area contributed by atoms with Gasteiger partial charge in [-0.2, -0.15) is 5.10 Å². The van der Waals surface area contributed by atoms with E-state index in [-0.39, 0.29) is 11.7 Å². The Labute approximate surface area is 110 Å². The Bertz CT molecular complexity index is 588. The second-order valence-corrected chi connectivity index (χ2v) is 3.85. The molecular formula is C14H14N2O3. The van der Waals surface area contributed by atoms with E-state index in [4.69, 9.17) is 9.15 Å². The normalized spacial score (nSPS) is 11.2. The molecule has 0 atom stereocenters. The number of carbonyl (C=O) groups excluding carboxylic acids is 1. The van der Waals surface area contributed by atoms with Crippen LogP contribution in [0.25, 0.3) is 0 Å². The Balaban J connectivity index is 2.08. The summed E-state index contributed by atoms with van der Waals surface area (Å²) in [7, 11) is 1.60. The minimum Gasteiger partial charge on any atom is -0.497 e. The molecule has 0 aliphatic heterocycles. The summed E-state index contributed by atoms with van der Waals surface area (Å²) in [6.07, 6.45) is 1.44. The molecule has 1 aromatic heterocycles. The van der Waals surface area contributed by atoms with Crippen LogP contribution in [0.5, 0.6) is 5.75 Å². The summed E-state index contributed by atoms with van der Waals surface area (Å²) in [5, 5.41) is 4.03. The van der Waals surface area contributed by atoms with E-state index in [0.717, 1.165) is 11.3 Å². The molecule has 0 aliphatic rings. The van der Waals surface area contributed by atoms with E-state index < -0.39 is 0 Å². The third-order valence-corrected chi connectivity index (χ3v) is 2.56. The third kappa shape index (κ3) is 3.22. The van der Waals surface area contributed by atoms with E-state index in [1.165, 1.54) is 6.26 Å². The number of furan rings is 1. The van der Waals surface area contributed by atoms with E-state index in [2.05, 4.69) is 10.5 Å². The van der Waals surface area contributed by atoms with Crippen LogP contribution in [0.4, 0.5) is 0 Å². The van der Waals surface area contributed by atoms with Gasteiger partial charge in [0, 0.05) is 5.56 Å². The second-order valence-electron chi connectivity index (χ2n) is 3.85. The molecule has 0 saturated carbocycles. The van der Waals surface area contributed by atoms with Crippen molar-refractivity contribution in [2.75, 3.05) is 7.11 Å². The van der Waals surface area contributed by atoms with Crippen LogP contribution in [0, 0.1) is 0 Å². The average Bonchev–Trinajstić information content (AvgIpc) is 2.98. The SMILES string of the molecule is COc1cccc(/C(C)=N/NC(=O)c2ccco2)c1. The molecule has 0 saturated heterocycles. The van der Waals surface area contributed by atoms with E-state index in [9.17, 15) is 4.79 Å². The Kier molecular flexibility index (Phi) is 3.97. The zero-order valence-electron chi connectivity index (χ0n) is 10.7. The van der Waals surface area contributed by atoms with Gasteiger partial charge in [0.15, 0.2) is 5.76 Å². The lowest BCUT2D eigenvalue weighted by molar-refractivity contribution is 0.0927. The summed E-state index contributed by atoms with van der Waals surface area (Å²) >= 11 is 0. The zero-order valence-corrected chi connectivity index (χ0v) is 10.7. The number of nitrogens with zero attached hydrogens (tertiary/aromatic N) is 1. The molecule has 0 spiro atoms. The highest BCUT2D eigenvalue weighted by Gasteiger charge is 2.07. The van der Waals surface area contributed by atoms with Crippen LogP contribution in [-0.4, -0.2) is 18.7 Å². The van der Waals surface area contributed by atoms with E-state index in [0.29, 0.717) is 5.71 Å². The Morgan fingerprint density at radius 2 is 2.16 bits per heavy atom. The monoisotopic (exact) mass is 258 g/mol. The molecule has 5 heteroatoms. The molecule has 1 N–H and O–H groups in total. The zero-order chi connectivity index (χ0) is 13.7. The van der Waals surface area contributed by atoms with Gasteiger partial charge in [-0.3, -0.25) is 4.79 Å². The van der Waals surface area contributed by atoms with Crippen molar-refractivity contribution in [2.45, 2.75) is 6.92 Å². The molecule has 5 nitrogen and oxygen atoms in total. The molecule has 0 unspecified atom stereocenters. The van der Waals surface area contributed by atoms with Crippen molar-refractivity contribution in [1.82, 2.24) is 5.43 Å². The lowest BCUT2D eigenvalue weighted by Gasteiger charge is -2.04. The molecule has 1 heterocycles. The van der Waals surface area contributed by atoms with Crippen molar-refractivity contribution in [3.8, 4) is 5.75 Å². The van der Waals surface area contributed by atoms with Crippen LogP contribution in [0.1, 0.15) is 23.0 Å². The van der Waals surface area contributed by atoms with Crippen LogP contribution >= 0.6 is 0 Å². The maximum atomic E-state index is 11.6. The third-order valence-electron chi connectivity index (χ3n) is 2.56. The summed E-state index contributed by atoms with van der Waals surface area (Å²) in [6.45, 7) is 1.80. The van der Waals surface area contributed by atoms with Gasteiger partial charge in [0.05, 0.1) is 19.1 Å². The molecular weight excluding hydrogens is 244 g/mol. The first-order chi connectivity index (χ1) is 9.20. The number of methoxy groups -OCH3 is 1. The number of benzene rings is 1. The van der Waals surface area contributed by atoms with Gasteiger partial charge in [0.2, 0.25) is 0 Å². The highest BCUT2D eigenvalue weighted by Crippen LogP contribution is 2.13. The van der Waals surface area contributed by atoms with Gasteiger partial charge in [-0.25, -0.2) is 5.43 Å². The number of hydrogen-bond donors (Lipinski definition) is 1. The van der Waals surface area contributed by atoms with Crippen molar-refractivity contribution >= 4 is 11.6 Å². The number of amides is 1. The van der Waals surface area contributed by atoms with Crippen LogP contribution in [-0.2, 0) is 0 Å². The minimum absolute atomic E-state index is 0.224. The fourth-order valence-electron chi connectivity index (χ4n) is 1.51. The summed E-state index contributed by atoms with van der Waals surface area (Å²) in [5.74, 6) is 0.582. The standard InChI is InChI=1S/C14H14N2O3/c1-10(11-5-3-6-12(9-11)18-2)15-16-14(17)13-7-4-8-19-13/h3-9H,1-2H3,(H,16,17)/b15-10+. The van der Waals surface area contributed by atoms with E-state index in [1.807, 2.05) is 24.3 Å². The Morgan fingerprint density at radius 3 is 2.84 bits per heavy atom. The summed E-state index contributed by atoms with van der Waals surface area (Å²) < 4.78 is 10.1. The van der Waals surface area contributed by atoms with Crippen LogP contribution in [0.3, 0.4) is 0 Å². The van der Waals surface area contributed by atoms with E-state index >= 15 is 0 Å². The molecule has 0 bridgehead atoms. The first-order valence-electron chi connectivity index (χ1n) is 5.73. The van der Waals surface area contributed by atoms with Gasteiger partial charge in [-0.05, 0) is 31.2 Å². The lowest BCUT2D eigenvalue weighted by atomic mass is 10.1. The highest BCUT2D eigenvalue weighted by atomic mass is 16.5. The minimum atomic E-state index is -0.382. The topological polar surface area (TPSA) is 63.8 Å². The van der Waals surface area contributed by atoms with Gasteiger partial charge in [0.25, 0.3) is 0 Å². The van der Waals surface area contributed by atoms with Crippen LogP contribution < -0.4 is 10.2 Å². The molecule has 1 amide bonds. The molecule has 1 aromatic carbocycles. The van der Waals surface area contributed by atoms with Gasteiger partial charge >= 0.3 is 5.91 Å². The molecule has 98 valence electrons. The molecule has 0 radical (unpaired) electrons. The predicted octanol–water partition coefficient (Wildman–Crippen LogP) is 2.44. The smallest absolute Gasteiger partial charge is 0.307 e. The molecule has 2 aromatic rings. The first kappa shape index (κ1) is 12.9. The Hall–Kier alpha value is -2.56. The summed E-state index contributed by atoms with van der Waals surface area (Å²) in [4.78, 5) is 11.6. The van der Waals surface area contributed by atoms with Crippen molar-refractivity contribution < 1.29 is 13.9 Å². The molecule has 2 rings (SSSR count). The van der Waals surface area contributed by atoms with Crippen molar-refractivity contribution in [3.05, 3.63) is 54.0 Å². The van der Waals surface area contributed by atoms with Gasteiger partial charge in [-0.15, -0.1) is 0 Å². The first-order valence-corrected chi connectivity index (χ1v) is 5.73.